The Balaban J connectivity index is 2.18. The van der Waals surface area contributed by atoms with Gasteiger partial charge in [0.25, 0.3) is 0 Å². The molecule has 0 radical (unpaired) electrons. The highest BCUT2D eigenvalue weighted by molar-refractivity contribution is 5.27. The van der Waals surface area contributed by atoms with Crippen molar-refractivity contribution in [3.8, 4) is 5.75 Å². The molecule has 5 nitrogen and oxygen atoms in total. The lowest BCUT2D eigenvalue weighted by atomic mass is 9.89. The van der Waals surface area contributed by atoms with Crippen molar-refractivity contribution in [3.05, 3.63) is 24.0 Å². The quantitative estimate of drug-likeness (QED) is 0.627. The molecule has 5 heteroatoms. The molecule has 19 heavy (non-hydrogen) atoms. The highest BCUT2D eigenvalue weighted by atomic mass is 16.5. The van der Waals surface area contributed by atoms with Gasteiger partial charge in [-0.05, 0) is 38.8 Å². The fourth-order valence-electron chi connectivity index (χ4n) is 2.60. The summed E-state index contributed by atoms with van der Waals surface area (Å²) in [5.74, 6) is 6.86. The van der Waals surface area contributed by atoms with Crippen LogP contribution in [0.5, 0.6) is 5.75 Å². The summed E-state index contributed by atoms with van der Waals surface area (Å²) >= 11 is 0. The van der Waals surface area contributed by atoms with Gasteiger partial charge in [0, 0.05) is 18.7 Å². The minimum Gasteiger partial charge on any atom is -0.489 e. The summed E-state index contributed by atoms with van der Waals surface area (Å²) in [7, 11) is 0. The largest absolute Gasteiger partial charge is 0.489 e. The first-order valence-electron chi connectivity index (χ1n) is 6.81. The molecule has 106 valence electrons. The second kappa shape index (κ2) is 6.32. The molecule has 1 aliphatic rings. The molecule has 3 N–H and O–H groups in total. The maximum absolute atomic E-state index is 5.72. The number of hydrazine groups is 1. The molecular formula is C14H23N3O2. The molecule has 1 aliphatic heterocycles. The Kier molecular flexibility index (Phi) is 4.74. The molecular weight excluding hydrogens is 242 g/mol. The SMILES string of the molecule is CC(C)Oc1cncc(C(NN)C2CCOC2C)c1. The smallest absolute Gasteiger partial charge is 0.138 e. The van der Waals surface area contributed by atoms with Crippen molar-refractivity contribution in [2.45, 2.75) is 45.4 Å². The van der Waals surface area contributed by atoms with Crippen molar-refractivity contribution < 1.29 is 9.47 Å². The van der Waals surface area contributed by atoms with Gasteiger partial charge in [-0.3, -0.25) is 16.3 Å². The second-order valence-corrected chi connectivity index (χ2v) is 5.29. The first kappa shape index (κ1) is 14.2. The van der Waals surface area contributed by atoms with Crippen LogP contribution in [0, 0.1) is 5.92 Å². The average Bonchev–Trinajstić information content (AvgIpc) is 2.77. The zero-order chi connectivity index (χ0) is 13.8. The van der Waals surface area contributed by atoms with Crippen molar-refractivity contribution in [1.82, 2.24) is 10.4 Å². The van der Waals surface area contributed by atoms with Gasteiger partial charge in [-0.2, -0.15) is 0 Å². The Morgan fingerprint density at radius 3 is 2.84 bits per heavy atom. The molecule has 0 aromatic carbocycles. The number of pyridine rings is 1. The highest BCUT2D eigenvalue weighted by Crippen LogP contribution is 2.33. The van der Waals surface area contributed by atoms with E-state index < -0.39 is 0 Å². The van der Waals surface area contributed by atoms with Gasteiger partial charge in [0.1, 0.15) is 5.75 Å². The Bertz CT molecular complexity index is 411. The molecule has 1 fully saturated rings. The molecule has 0 amide bonds. The van der Waals surface area contributed by atoms with E-state index in [1.807, 2.05) is 26.1 Å². The van der Waals surface area contributed by atoms with Crippen LogP contribution < -0.4 is 16.0 Å². The van der Waals surface area contributed by atoms with E-state index in [0.717, 1.165) is 24.3 Å². The molecule has 1 saturated heterocycles. The number of nitrogens with two attached hydrogens (primary N) is 1. The van der Waals surface area contributed by atoms with E-state index in [9.17, 15) is 0 Å². The average molecular weight is 265 g/mol. The number of aromatic nitrogens is 1. The highest BCUT2D eigenvalue weighted by Gasteiger charge is 2.32. The summed E-state index contributed by atoms with van der Waals surface area (Å²) in [4.78, 5) is 4.24. The van der Waals surface area contributed by atoms with Crippen molar-refractivity contribution in [2.75, 3.05) is 6.61 Å². The van der Waals surface area contributed by atoms with Gasteiger partial charge >= 0.3 is 0 Å². The zero-order valence-electron chi connectivity index (χ0n) is 11.8. The standard InChI is InChI=1S/C14H23N3O2/c1-9(2)19-12-6-11(7-16-8-12)14(17-15)13-4-5-18-10(13)3/h6-10,13-14,17H,4-5,15H2,1-3H3. The fraction of sp³-hybridized carbons (Fsp3) is 0.643. The Morgan fingerprint density at radius 2 is 2.26 bits per heavy atom. The van der Waals surface area contributed by atoms with Gasteiger partial charge in [-0.1, -0.05) is 0 Å². The van der Waals surface area contributed by atoms with E-state index in [1.54, 1.807) is 6.20 Å². The minimum atomic E-state index is 0.0423. The first-order chi connectivity index (χ1) is 9.11. The molecule has 0 bridgehead atoms. The second-order valence-electron chi connectivity index (χ2n) is 5.29. The van der Waals surface area contributed by atoms with Crippen LogP contribution in [-0.2, 0) is 4.74 Å². The summed E-state index contributed by atoms with van der Waals surface area (Å²) < 4.78 is 11.3. The third kappa shape index (κ3) is 3.43. The third-order valence-electron chi connectivity index (χ3n) is 3.51. The molecule has 1 aromatic heterocycles. The van der Waals surface area contributed by atoms with E-state index in [1.165, 1.54) is 0 Å². The van der Waals surface area contributed by atoms with Crippen molar-refractivity contribution in [1.29, 1.82) is 0 Å². The van der Waals surface area contributed by atoms with Crippen LogP contribution in [0.15, 0.2) is 18.5 Å². The Hall–Kier alpha value is -1.17. The van der Waals surface area contributed by atoms with Gasteiger partial charge in [-0.25, -0.2) is 0 Å². The normalized spacial score (nSPS) is 24.7. The molecule has 2 heterocycles. The Labute approximate surface area is 114 Å². The summed E-state index contributed by atoms with van der Waals surface area (Å²) in [5.41, 5.74) is 3.94. The van der Waals surface area contributed by atoms with E-state index in [0.29, 0.717) is 5.92 Å². The van der Waals surface area contributed by atoms with Gasteiger partial charge < -0.3 is 9.47 Å². The minimum absolute atomic E-state index is 0.0423. The van der Waals surface area contributed by atoms with Gasteiger partial charge in [0.2, 0.25) is 0 Å². The lowest BCUT2D eigenvalue weighted by Gasteiger charge is -2.25. The van der Waals surface area contributed by atoms with Crippen LogP contribution in [0.2, 0.25) is 0 Å². The predicted molar refractivity (Wildman–Crippen MR) is 73.6 cm³/mol. The van der Waals surface area contributed by atoms with Crippen molar-refractivity contribution >= 4 is 0 Å². The van der Waals surface area contributed by atoms with Crippen LogP contribution in [-0.4, -0.2) is 23.8 Å². The number of rotatable bonds is 5. The maximum atomic E-state index is 5.72. The van der Waals surface area contributed by atoms with Crippen LogP contribution in [0.1, 0.15) is 38.8 Å². The van der Waals surface area contributed by atoms with E-state index in [2.05, 4.69) is 17.3 Å². The molecule has 2 rings (SSSR count). The summed E-state index contributed by atoms with van der Waals surface area (Å²) in [5, 5.41) is 0. The van der Waals surface area contributed by atoms with Crippen LogP contribution in [0.25, 0.3) is 0 Å². The molecule has 0 saturated carbocycles. The van der Waals surface area contributed by atoms with Crippen LogP contribution in [0.3, 0.4) is 0 Å². The van der Waals surface area contributed by atoms with E-state index in [-0.39, 0.29) is 18.2 Å². The molecule has 3 atom stereocenters. The Morgan fingerprint density at radius 1 is 1.47 bits per heavy atom. The van der Waals surface area contributed by atoms with Gasteiger partial charge in [0.05, 0.1) is 24.4 Å². The van der Waals surface area contributed by atoms with E-state index in [4.69, 9.17) is 15.3 Å². The van der Waals surface area contributed by atoms with Gasteiger partial charge in [0.15, 0.2) is 0 Å². The van der Waals surface area contributed by atoms with Crippen molar-refractivity contribution in [3.63, 3.8) is 0 Å². The summed E-state index contributed by atoms with van der Waals surface area (Å²) in [6, 6.07) is 2.04. The van der Waals surface area contributed by atoms with E-state index >= 15 is 0 Å². The maximum Gasteiger partial charge on any atom is 0.138 e. The molecule has 3 unspecified atom stereocenters. The lowest BCUT2D eigenvalue weighted by molar-refractivity contribution is 0.0953. The molecule has 0 spiro atoms. The summed E-state index contributed by atoms with van der Waals surface area (Å²) in [6.45, 7) is 6.87. The van der Waals surface area contributed by atoms with Gasteiger partial charge in [-0.15, -0.1) is 0 Å². The monoisotopic (exact) mass is 265 g/mol. The topological polar surface area (TPSA) is 69.4 Å². The number of hydrogen-bond donors (Lipinski definition) is 2. The lowest BCUT2D eigenvalue weighted by Crippen LogP contribution is -2.36. The van der Waals surface area contributed by atoms with Crippen LogP contribution in [0.4, 0.5) is 0 Å². The summed E-state index contributed by atoms with van der Waals surface area (Å²) in [6.07, 6.45) is 4.91. The van der Waals surface area contributed by atoms with Crippen LogP contribution >= 0.6 is 0 Å². The van der Waals surface area contributed by atoms with Crippen molar-refractivity contribution in [2.24, 2.45) is 11.8 Å². The zero-order valence-corrected chi connectivity index (χ0v) is 11.8. The number of nitrogens with zero attached hydrogens (tertiary/aromatic N) is 1. The fourth-order valence-corrected chi connectivity index (χ4v) is 2.60. The third-order valence-corrected chi connectivity index (χ3v) is 3.51. The molecule has 1 aromatic rings. The molecule has 0 aliphatic carbocycles. The predicted octanol–water partition coefficient (Wildman–Crippen LogP) is 1.80. The number of ether oxygens (including phenoxy) is 2. The number of hydrogen-bond acceptors (Lipinski definition) is 5. The number of nitrogens with one attached hydrogen (secondary N) is 1. The first-order valence-corrected chi connectivity index (χ1v) is 6.81.